The molecule has 1 aliphatic rings. The summed E-state index contributed by atoms with van der Waals surface area (Å²) in [6.45, 7) is 3.26. The van der Waals surface area contributed by atoms with Crippen LogP contribution < -0.4 is 10.6 Å². The quantitative estimate of drug-likeness (QED) is 0.778. The molecule has 0 atom stereocenters. The van der Waals surface area contributed by atoms with Crippen LogP contribution in [-0.2, 0) is 16.0 Å². The summed E-state index contributed by atoms with van der Waals surface area (Å²) < 4.78 is 5.13. The summed E-state index contributed by atoms with van der Waals surface area (Å²) in [7, 11) is 0. The Morgan fingerprint density at radius 3 is 3.12 bits per heavy atom. The number of ether oxygens (including phenoxy) is 1. The normalized spacial score (nSPS) is 13.9. The number of amides is 1. The Bertz CT molecular complexity index is 404. The van der Waals surface area contributed by atoms with Crippen molar-refractivity contribution in [3.63, 3.8) is 0 Å². The van der Waals surface area contributed by atoms with Gasteiger partial charge >= 0.3 is 0 Å². The van der Waals surface area contributed by atoms with Gasteiger partial charge in [0, 0.05) is 13.2 Å². The molecule has 2 N–H and O–H groups in total. The van der Waals surface area contributed by atoms with Crippen LogP contribution in [-0.4, -0.2) is 25.7 Å². The molecule has 0 fully saturated rings. The minimum Gasteiger partial charge on any atom is -0.397 e. The first-order valence-electron chi connectivity index (χ1n) is 5.49. The predicted molar refractivity (Wildman–Crippen MR) is 63.4 cm³/mol. The molecule has 0 aliphatic carbocycles. The van der Waals surface area contributed by atoms with Gasteiger partial charge in [0.2, 0.25) is 0 Å². The van der Waals surface area contributed by atoms with Crippen molar-refractivity contribution in [2.75, 3.05) is 30.4 Å². The molecule has 0 unspecified atom stereocenters. The first-order valence-corrected chi connectivity index (χ1v) is 5.49. The van der Waals surface area contributed by atoms with Crippen molar-refractivity contribution in [2.24, 2.45) is 0 Å². The van der Waals surface area contributed by atoms with Crippen molar-refractivity contribution in [3.05, 3.63) is 23.8 Å². The highest BCUT2D eigenvalue weighted by molar-refractivity contribution is 5.99. The number of nitrogens with two attached hydrogens (primary N) is 1. The van der Waals surface area contributed by atoms with Gasteiger partial charge in [-0.2, -0.15) is 0 Å². The number of carbonyl (C=O) groups excluding carboxylic acids is 1. The van der Waals surface area contributed by atoms with Crippen LogP contribution in [0.2, 0.25) is 0 Å². The number of para-hydroxylation sites is 1. The Hall–Kier alpha value is -1.55. The van der Waals surface area contributed by atoms with E-state index in [1.54, 1.807) is 4.90 Å². The van der Waals surface area contributed by atoms with Crippen LogP contribution in [0.4, 0.5) is 11.4 Å². The fourth-order valence-corrected chi connectivity index (χ4v) is 2.00. The zero-order valence-corrected chi connectivity index (χ0v) is 9.40. The Kier molecular flexibility index (Phi) is 3.10. The summed E-state index contributed by atoms with van der Waals surface area (Å²) in [4.78, 5) is 13.6. The third-order valence-electron chi connectivity index (χ3n) is 2.76. The third-order valence-corrected chi connectivity index (χ3v) is 2.76. The van der Waals surface area contributed by atoms with Crippen LogP contribution in [0.5, 0.6) is 0 Å². The molecule has 1 aromatic rings. The van der Waals surface area contributed by atoms with E-state index < -0.39 is 0 Å². The van der Waals surface area contributed by atoms with E-state index in [4.69, 9.17) is 10.5 Å². The van der Waals surface area contributed by atoms with E-state index in [0.29, 0.717) is 18.8 Å². The van der Waals surface area contributed by atoms with Crippen molar-refractivity contribution >= 4 is 17.3 Å². The number of nitrogens with zero attached hydrogens (tertiary/aromatic N) is 1. The number of anilines is 2. The average molecular weight is 220 g/mol. The van der Waals surface area contributed by atoms with E-state index in [9.17, 15) is 4.79 Å². The van der Waals surface area contributed by atoms with Crippen LogP contribution in [0.15, 0.2) is 18.2 Å². The molecule has 4 nitrogen and oxygen atoms in total. The maximum Gasteiger partial charge on any atom is 0.253 e. The molecule has 1 aromatic carbocycles. The van der Waals surface area contributed by atoms with Gasteiger partial charge in [0.1, 0.15) is 6.61 Å². The van der Waals surface area contributed by atoms with Crippen molar-refractivity contribution < 1.29 is 9.53 Å². The first kappa shape index (κ1) is 11.0. The molecule has 0 radical (unpaired) electrons. The van der Waals surface area contributed by atoms with Crippen LogP contribution in [0.3, 0.4) is 0 Å². The summed E-state index contributed by atoms with van der Waals surface area (Å²) in [6.07, 6.45) is 0.873. The van der Waals surface area contributed by atoms with Crippen molar-refractivity contribution in [3.8, 4) is 0 Å². The second-order valence-corrected chi connectivity index (χ2v) is 3.79. The van der Waals surface area contributed by atoms with Gasteiger partial charge in [0.15, 0.2) is 0 Å². The van der Waals surface area contributed by atoms with Crippen LogP contribution >= 0.6 is 0 Å². The number of fused-ring (bicyclic) bond motifs is 1. The number of benzene rings is 1. The van der Waals surface area contributed by atoms with E-state index in [0.717, 1.165) is 17.7 Å². The lowest BCUT2D eigenvalue weighted by Crippen LogP contribution is -2.32. The van der Waals surface area contributed by atoms with Crippen LogP contribution in [0, 0.1) is 0 Å². The van der Waals surface area contributed by atoms with E-state index in [2.05, 4.69) is 0 Å². The fraction of sp³-hybridized carbons (Fsp3) is 0.417. The number of rotatable bonds is 3. The molecule has 4 heteroatoms. The summed E-state index contributed by atoms with van der Waals surface area (Å²) in [6, 6.07) is 5.76. The SMILES string of the molecule is CCOCC(=O)N1CCc2cccc(N)c21. The Morgan fingerprint density at radius 2 is 2.38 bits per heavy atom. The van der Waals surface area contributed by atoms with Crippen molar-refractivity contribution in [1.82, 2.24) is 0 Å². The van der Waals surface area contributed by atoms with Gasteiger partial charge in [-0.05, 0) is 25.0 Å². The number of hydrogen-bond donors (Lipinski definition) is 1. The molecule has 86 valence electrons. The highest BCUT2D eigenvalue weighted by Gasteiger charge is 2.26. The Balaban J connectivity index is 2.19. The lowest BCUT2D eigenvalue weighted by molar-refractivity contribution is -0.122. The molecule has 0 saturated carbocycles. The molecule has 1 amide bonds. The average Bonchev–Trinajstić information content (AvgIpc) is 2.71. The number of hydrogen-bond acceptors (Lipinski definition) is 3. The summed E-state index contributed by atoms with van der Waals surface area (Å²) in [5, 5.41) is 0. The lowest BCUT2D eigenvalue weighted by atomic mass is 10.1. The largest absolute Gasteiger partial charge is 0.397 e. The highest BCUT2D eigenvalue weighted by Crippen LogP contribution is 2.33. The minimum absolute atomic E-state index is 0.0153. The maximum absolute atomic E-state index is 11.9. The van der Waals surface area contributed by atoms with Crippen molar-refractivity contribution in [2.45, 2.75) is 13.3 Å². The van der Waals surface area contributed by atoms with E-state index >= 15 is 0 Å². The summed E-state index contributed by atoms with van der Waals surface area (Å²) in [5.41, 5.74) is 8.57. The molecule has 1 heterocycles. The molecule has 0 aromatic heterocycles. The molecular formula is C12H16N2O2. The van der Waals surface area contributed by atoms with E-state index in [1.165, 1.54) is 0 Å². The molecule has 16 heavy (non-hydrogen) atoms. The van der Waals surface area contributed by atoms with Gasteiger partial charge in [-0.1, -0.05) is 12.1 Å². The van der Waals surface area contributed by atoms with Crippen LogP contribution in [0.25, 0.3) is 0 Å². The summed E-state index contributed by atoms with van der Waals surface area (Å²) >= 11 is 0. The molecule has 0 bridgehead atoms. The molecule has 2 rings (SSSR count). The third kappa shape index (κ3) is 1.88. The van der Waals surface area contributed by atoms with Gasteiger partial charge in [-0.15, -0.1) is 0 Å². The first-order chi connectivity index (χ1) is 7.74. The zero-order valence-electron chi connectivity index (χ0n) is 9.40. The fourth-order valence-electron chi connectivity index (χ4n) is 2.00. The molecular weight excluding hydrogens is 204 g/mol. The second-order valence-electron chi connectivity index (χ2n) is 3.79. The molecule has 0 saturated heterocycles. The lowest BCUT2D eigenvalue weighted by Gasteiger charge is -2.18. The topological polar surface area (TPSA) is 55.6 Å². The Morgan fingerprint density at radius 1 is 1.56 bits per heavy atom. The maximum atomic E-state index is 11.9. The van der Waals surface area contributed by atoms with Crippen molar-refractivity contribution in [1.29, 1.82) is 0 Å². The zero-order chi connectivity index (χ0) is 11.5. The monoisotopic (exact) mass is 220 g/mol. The van der Waals surface area contributed by atoms with E-state index in [1.807, 2.05) is 25.1 Å². The standard InChI is InChI=1S/C12H16N2O2/c1-2-16-8-11(15)14-7-6-9-4-3-5-10(13)12(9)14/h3-5H,2,6-8,13H2,1H3. The molecule has 0 spiro atoms. The molecule has 1 aliphatic heterocycles. The van der Waals surface area contributed by atoms with E-state index in [-0.39, 0.29) is 12.5 Å². The second kappa shape index (κ2) is 4.53. The van der Waals surface area contributed by atoms with Gasteiger partial charge in [0.25, 0.3) is 5.91 Å². The van der Waals surface area contributed by atoms with Gasteiger partial charge < -0.3 is 15.4 Å². The Labute approximate surface area is 95.0 Å². The number of carbonyl (C=O) groups is 1. The highest BCUT2D eigenvalue weighted by atomic mass is 16.5. The van der Waals surface area contributed by atoms with Gasteiger partial charge in [0.05, 0.1) is 11.4 Å². The van der Waals surface area contributed by atoms with Crippen LogP contribution in [0.1, 0.15) is 12.5 Å². The summed E-state index contributed by atoms with van der Waals surface area (Å²) in [5.74, 6) is -0.0153. The predicted octanol–water partition coefficient (Wildman–Crippen LogP) is 1.19. The van der Waals surface area contributed by atoms with Gasteiger partial charge in [-0.3, -0.25) is 4.79 Å². The number of nitrogen functional groups attached to an aromatic ring is 1. The van der Waals surface area contributed by atoms with Gasteiger partial charge in [-0.25, -0.2) is 0 Å². The minimum atomic E-state index is -0.0153. The smallest absolute Gasteiger partial charge is 0.253 e.